The van der Waals surface area contributed by atoms with E-state index in [1.165, 1.54) is 12.1 Å². The van der Waals surface area contributed by atoms with Gasteiger partial charge in [0.2, 0.25) is 0 Å². The minimum absolute atomic E-state index is 0.346. The van der Waals surface area contributed by atoms with Crippen molar-refractivity contribution in [3.05, 3.63) is 34.7 Å². The molecule has 1 aromatic carbocycles. The zero-order chi connectivity index (χ0) is 7.40. The molecule has 0 saturated carbocycles. The molecule has 0 aliphatic heterocycles. The third kappa shape index (κ3) is 1.17. The highest BCUT2D eigenvalue weighted by Gasteiger charge is 1.89. The molecule has 0 saturated heterocycles. The van der Waals surface area contributed by atoms with Crippen molar-refractivity contribution < 1.29 is 0 Å². The molecule has 0 heterocycles. The third-order valence-electron chi connectivity index (χ3n) is 1.10. The van der Waals surface area contributed by atoms with Crippen LogP contribution in [0.25, 0.3) is 0 Å². The minimum atomic E-state index is 0.346. The highest BCUT2D eigenvalue weighted by Crippen LogP contribution is 2.10. The van der Waals surface area contributed by atoms with Gasteiger partial charge in [0.15, 0.2) is 0 Å². The van der Waals surface area contributed by atoms with Gasteiger partial charge in [0, 0.05) is 0 Å². The topological polar surface area (TPSA) is 53.2 Å². The van der Waals surface area contributed by atoms with Crippen LogP contribution in [0.15, 0.2) is 29.4 Å². The van der Waals surface area contributed by atoms with E-state index >= 15 is 0 Å². The van der Waals surface area contributed by atoms with Gasteiger partial charge in [0.05, 0.1) is 11.6 Å². The average molecular weight is 132 g/mol. The summed E-state index contributed by atoms with van der Waals surface area (Å²) in [4.78, 5) is 9.87. The molecule has 0 aliphatic carbocycles. The molecule has 0 aromatic heterocycles. The van der Waals surface area contributed by atoms with Gasteiger partial charge >= 0.3 is 0 Å². The Balaban J connectivity index is 3.04. The number of rotatable bonds is 1. The van der Waals surface area contributed by atoms with Gasteiger partial charge < -0.3 is 0 Å². The third-order valence-corrected chi connectivity index (χ3v) is 1.10. The zero-order valence-electron chi connectivity index (χ0n) is 5.11. The van der Waals surface area contributed by atoms with Gasteiger partial charge in [-0.3, -0.25) is 0 Å². The second-order valence-electron chi connectivity index (χ2n) is 1.75. The van der Waals surface area contributed by atoms with Gasteiger partial charge in [0.1, 0.15) is 5.69 Å². The van der Waals surface area contributed by atoms with E-state index in [2.05, 4.69) is 5.18 Å². The standard InChI is InChI=1S/C7H4N2O/c8-5-6-1-3-7(9-10)4-2-6/h1-4H. The molecule has 0 aliphatic rings. The summed E-state index contributed by atoms with van der Waals surface area (Å²) >= 11 is 0. The summed E-state index contributed by atoms with van der Waals surface area (Å²) in [6.07, 6.45) is 0. The van der Waals surface area contributed by atoms with E-state index in [-0.39, 0.29) is 0 Å². The molecule has 0 amide bonds. The summed E-state index contributed by atoms with van der Waals surface area (Å²) in [7, 11) is 0. The Bertz CT molecular complexity index is 271. The van der Waals surface area contributed by atoms with Crippen LogP contribution in [-0.4, -0.2) is 0 Å². The number of nitriles is 1. The lowest BCUT2D eigenvalue weighted by Gasteiger charge is -1.86. The van der Waals surface area contributed by atoms with Crippen LogP contribution in [0, 0.1) is 16.2 Å². The van der Waals surface area contributed by atoms with Crippen molar-refractivity contribution in [2.45, 2.75) is 0 Å². The zero-order valence-corrected chi connectivity index (χ0v) is 5.11. The highest BCUT2D eigenvalue weighted by molar-refractivity contribution is 5.42. The van der Waals surface area contributed by atoms with Crippen molar-refractivity contribution in [2.75, 3.05) is 0 Å². The van der Waals surface area contributed by atoms with Crippen LogP contribution in [0.3, 0.4) is 0 Å². The lowest BCUT2D eigenvalue weighted by Crippen LogP contribution is -1.69. The predicted molar refractivity (Wildman–Crippen MR) is 36.6 cm³/mol. The fraction of sp³-hybridized carbons (Fsp3) is 0. The van der Waals surface area contributed by atoms with Crippen molar-refractivity contribution in [1.82, 2.24) is 0 Å². The van der Waals surface area contributed by atoms with Crippen LogP contribution in [0.1, 0.15) is 5.56 Å². The summed E-state index contributed by atoms with van der Waals surface area (Å²) < 4.78 is 0. The molecule has 0 radical (unpaired) electrons. The number of nitrogens with zero attached hydrogens (tertiary/aromatic N) is 2. The van der Waals surface area contributed by atoms with Crippen molar-refractivity contribution in [3.63, 3.8) is 0 Å². The molecule has 3 nitrogen and oxygen atoms in total. The van der Waals surface area contributed by atoms with E-state index in [0.717, 1.165) is 0 Å². The molecule has 1 aromatic rings. The van der Waals surface area contributed by atoms with E-state index in [1.54, 1.807) is 12.1 Å². The summed E-state index contributed by atoms with van der Waals surface area (Å²) in [6, 6.07) is 8.05. The molecule has 0 N–H and O–H groups in total. The highest BCUT2D eigenvalue weighted by atomic mass is 16.3. The molecule has 0 unspecified atom stereocenters. The first-order chi connectivity index (χ1) is 4.86. The Morgan fingerprint density at radius 2 is 1.90 bits per heavy atom. The summed E-state index contributed by atoms with van der Waals surface area (Å²) in [5.41, 5.74) is 0.881. The van der Waals surface area contributed by atoms with Gasteiger partial charge in [-0.25, -0.2) is 0 Å². The Hall–Kier alpha value is -1.69. The van der Waals surface area contributed by atoms with Crippen LogP contribution in [0.4, 0.5) is 5.69 Å². The van der Waals surface area contributed by atoms with Gasteiger partial charge in [-0.15, -0.1) is 4.91 Å². The maximum Gasteiger partial charge on any atom is 0.108 e. The monoisotopic (exact) mass is 132 g/mol. The SMILES string of the molecule is N#Cc1ccc(N=O)cc1. The van der Waals surface area contributed by atoms with E-state index in [9.17, 15) is 4.91 Å². The van der Waals surface area contributed by atoms with Crippen LogP contribution < -0.4 is 0 Å². The molecular weight excluding hydrogens is 128 g/mol. The minimum Gasteiger partial charge on any atom is -0.192 e. The summed E-state index contributed by atoms with van der Waals surface area (Å²) in [5, 5.41) is 11.0. The first-order valence-electron chi connectivity index (χ1n) is 2.70. The molecule has 0 bridgehead atoms. The molecule has 3 heteroatoms. The number of hydrogen-bond donors (Lipinski definition) is 0. The van der Waals surface area contributed by atoms with Gasteiger partial charge in [-0.1, -0.05) is 0 Å². The second-order valence-corrected chi connectivity index (χ2v) is 1.75. The second kappa shape index (κ2) is 2.74. The first-order valence-corrected chi connectivity index (χ1v) is 2.70. The van der Waals surface area contributed by atoms with Crippen molar-refractivity contribution in [1.29, 1.82) is 5.26 Å². The fourth-order valence-corrected chi connectivity index (χ4v) is 0.597. The quantitative estimate of drug-likeness (QED) is 0.548. The number of benzene rings is 1. The Morgan fingerprint density at radius 3 is 2.30 bits per heavy atom. The number of nitroso groups, excluding NO2 is 1. The van der Waals surface area contributed by atoms with Crippen molar-refractivity contribution >= 4 is 5.69 Å². The lowest BCUT2D eigenvalue weighted by molar-refractivity contribution is 1.45. The van der Waals surface area contributed by atoms with Gasteiger partial charge in [-0.05, 0) is 29.4 Å². The molecule has 1 rings (SSSR count). The lowest BCUT2D eigenvalue weighted by atomic mass is 10.2. The average Bonchev–Trinajstić information content (AvgIpc) is 2.05. The predicted octanol–water partition coefficient (Wildman–Crippen LogP) is 1.96. The fourth-order valence-electron chi connectivity index (χ4n) is 0.597. The van der Waals surface area contributed by atoms with Crippen molar-refractivity contribution in [3.8, 4) is 6.07 Å². The van der Waals surface area contributed by atoms with E-state index in [1.807, 2.05) is 6.07 Å². The van der Waals surface area contributed by atoms with Crippen molar-refractivity contribution in [2.24, 2.45) is 5.18 Å². The molecule has 48 valence electrons. The smallest absolute Gasteiger partial charge is 0.108 e. The van der Waals surface area contributed by atoms with E-state index < -0.39 is 0 Å². The Morgan fingerprint density at radius 1 is 1.30 bits per heavy atom. The maximum absolute atomic E-state index is 9.87. The van der Waals surface area contributed by atoms with Gasteiger partial charge in [0.25, 0.3) is 0 Å². The normalized spacial score (nSPS) is 8.30. The van der Waals surface area contributed by atoms with Crippen LogP contribution in [-0.2, 0) is 0 Å². The van der Waals surface area contributed by atoms with Crippen LogP contribution >= 0.6 is 0 Å². The first kappa shape index (κ1) is 6.43. The molecule has 0 spiro atoms. The van der Waals surface area contributed by atoms with Crippen LogP contribution in [0.2, 0.25) is 0 Å². The molecule has 0 fully saturated rings. The van der Waals surface area contributed by atoms with E-state index in [4.69, 9.17) is 5.26 Å². The molecule has 0 atom stereocenters. The Kier molecular flexibility index (Phi) is 1.76. The van der Waals surface area contributed by atoms with E-state index in [0.29, 0.717) is 11.3 Å². The maximum atomic E-state index is 9.87. The summed E-state index contributed by atoms with van der Waals surface area (Å²) in [5.74, 6) is 0. The molecular formula is C7H4N2O. The molecule has 10 heavy (non-hydrogen) atoms. The largest absolute Gasteiger partial charge is 0.192 e. The summed E-state index contributed by atoms with van der Waals surface area (Å²) in [6.45, 7) is 0. The van der Waals surface area contributed by atoms with Crippen LogP contribution in [0.5, 0.6) is 0 Å². The van der Waals surface area contributed by atoms with Gasteiger partial charge in [-0.2, -0.15) is 5.26 Å². The number of hydrogen-bond acceptors (Lipinski definition) is 3. The Labute approximate surface area is 57.9 Å².